The Balaban J connectivity index is 1.66. The molecular formula is C13H16ClN3O2. The Morgan fingerprint density at radius 2 is 2.47 bits per heavy atom. The van der Waals surface area contributed by atoms with E-state index in [0.29, 0.717) is 30.6 Å². The van der Waals surface area contributed by atoms with E-state index in [2.05, 4.69) is 10.3 Å². The largest absolute Gasteiger partial charge is 0.377 e. The minimum absolute atomic E-state index is 0.229. The Labute approximate surface area is 117 Å². The Kier molecular flexibility index (Phi) is 5.40. The van der Waals surface area contributed by atoms with Gasteiger partial charge in [0.2, 0.25) is 0 Å². The molecule has 1 aliphatic heterocycles. The fourth-order valence-electron chi connectivity index (χ4n) is 1.86. The molecule has 6 heteroatoms. The van der Waals surface area contributed by atoms with E-state index in [1.54, 1.807) is 12.1 Å². The first-order valence-corrected chi connectivity index (χ1v) is 6.67. The molecule has 0 spiro atoms. The maximum Gasteiger partial charge on any atom is 0.161 e. The van der Waals surface area contributed by atoms with Crippen LogP contribution in [-0.4, -0.2) is 37.5 Å². The van der Waals surface area contributed by atoms with Gasteiger partial charge in [-0.1, -0.05) is 11.6 Å². The molecule has 2 heterocycles. The molecule has 5 nitrogen and oxygen atoms in total. The highest BCUT2D eigenvalue weighted by atomic mass is 35.5. The smallest absolute Gasteiger partial charge is 0.161 e. The third-order valence-corrected chi connectivity index (χ3v) is 3.14. The number of nitriles is 1. The number of hydrogen-bond donors (Lipinski definition) is 1. The average molecular weight is 282 g/mol. The van der Waals surface area contributed by atoms with Gasteiger partial charge >= 0.3 is 0 Å². The van der Waals surface area contributed by atoms with Crippen LogP contribution >= 0.6 is 11.6 Å². The van der Waals surface area contributed by atoms with Gasteiger partial charge in [0.1, 0.15) is 11.9 Å². The molecule has 102 valence electrons. The number of hydrogen-bond acceptors (Lipinski definition) is 5. The summed E-state index contributed by atoms with van der Waals surface area (Å²) in [5, 5.41) is 12.3. The third kappa shape index (κ3) is 4.35. The molecule has 0 amide bonds. The Morgan fingerprint density at radius 1 is 1.58 bits per heavy atom. The molecule has 1 fully saturated rings. The van der Waals surface area contributed by atoms with Crippen molar-refractivity contribution >= 4 is 17.4 Å². The molecule has 1 aromatic rings. The summed E-state index contributed by atoms with van der Waals surface area (Å²) in [7, 11) is 0. The minimum atomic E-state index is 0.229. The zero-order valence-corrected chi connectivity index (χ0v) is 11.3. The van der Waals surface area contributed by atoms with Crippen LogP contribution in [0.25, 0.3) is 0 Å². The molecule has 0 aliphatic carbocycles. The van der Waals surface area contributed by atoms with Crippen molar-refractivity contribution in [3.05, 3.63) is 22.8 Å². The summed E-state index contributed by atoms with van der Waals surface area (Å²) in [6, 6.07) is 5.34. The van der Waals surface area contributed by atoms with Crippen molar-refractivity contribution in [2.75, 3.05) is 31.7 Å². The van der Waals surface area contributed by atoms with Crippen molar-refractivity contribution in [1.82, 2.24) is 4.98 Å². The molecular weight excluding hydrogens is 266 g/mol. The van der Waals surface area contributed by atoms with E-state index in [1.165, 1.54) is 0 Å². The molecule has 1 aliphatic rings. The molecule has 0 saturated carbocycles. The number of rotatable bonds is 6. The molecule has 1 aromatic heterocycles. The van der Waals surface area contributed by atoms with Crippen LogP contribution in [-0.2, 0) is 9.47 Å². The van der Waals surface area contributed by atoms with E-state index in [0.717, 1.165) is 19.4 Å². The van der Waals surface area contributed by atoms with Crippen LogP contribution in [0.2, 0.25) is 5.02 Å². The van der Waals surface area contributed by atoms with Gasteiger partial charge in [0, 0.05) is 13.2 Å². The highest BCUT2D eigenvalue weighted by Crippen LogP contribution is 2.15. The molecule has 0 bridgehead atoms. The summed E-state index contributed by atoms with van der Waals surface area (Å²) < 4.78 is 11.0. The summed E-state index contributed by atoms with van der Waals surface area (Å²) in [4.78, 5) is 4.08. The summed E-state index contributed by atoms with van der Waals surface area (Å²) in [6.07, 6.45) is 2.45. The highest BCUT2D eigenvalue weighted by Gasteiger charge is 2.14. The van der Waals surface area contributed by atoms with Crippen LogP contribution in [0, 0.1) is 11.3 Å². The van der Waals surface area contributed by atoms with Gasteiger partial charge in [-0.3, -0.25) is 0 Å². The lowest BCUT2D eigenvalue weighted by Gasteiger charge is -2.10. The van der Waals surface area contributed by atoms with Gasteiger partial charge in [-0.05, 0) is 25.0 Å². The van der Waals surface area contributed by atoms with Crippen LogP contribution in [0.1, 0.15) is 18.5 Å². The predicted molar refractivity (Wildman–Crippen MR) is 72.2 cm³/mol. The van der Waals surface area contributed by atoms with Crippen LogP contribution < -0.4 is 5.32 Å². The first kappa shape index (κ1) is 14.1. The van der Waals surface area contributed by atoms with Crippen molar-refractivity contribution in [2.24, 2.45) is 0 Å². The molecule has 1 N–H and O–H groups in total. The van der Waals surface area contributed by atoms with Gasteiger partial charge in [-0.15, -0.1) is 0 Å². The summed E-state index contributed by atoms with van der Waals surface area (Å²) in [6.45, 7) is 2.69. The fraction of sp³-hybridized carbons (Fsp3) is 0.538. The summed E-state index contributed by atoms with van der Waals surface area (Å²) in [5.74, 6) is 0.627. The number of halogens is 1. The number of anilines is 1. The average Bonchev–Trinajstić information content (AvgIpc) is 2.93. The SMILES string of the molecule is N#Cc1nc(NCCOCC2CCCO2)ccc1Cl. The molecule has 2 rings (SSSR count). The van der Waals surface area contributed by atoms with Crippen LogP contribution in [0.3, 0.4) is 0 Å². The maximum atomic E-state index is 8.81. The van der Waals surface area contributed by atoms with Crippen LogP contribution in [0.15, 0.2) is 12.1 Å². The normalized spacial score (nSPS) is 18.2. The van der Waals surface area contributed by atoms with Gasteiger partial charge in [0.05, 0.1) is 24.3 Å². The molecule has 1 saturated heterocycles. The lowest BCUT2D eigenvalue weighted by molar-refractivity contribution is 0.0206. The van der Waals surface area contributed by atoms with Gasteiger partial charge in [0.15, 0.2) is 5.69 Å². The second kappa shape index (κ2) is 7.29. The molecule has 1 atom stereocenters. The summed E-state index contributed by atoms with van der Waals surface area (Å²) >= 11 is 5.80. The second-order valence-corrected chi connectivity index (χ2v) is 4.68. The predicted octanol–water partition coefficient (Wildman–Crippen LogP) is 2.21. The number of ether oxygens (including phenoxy) is 2. The molecule has 0 radical (unpaired) electrons. The van der Waals surface area contributed by atoms with Crippen molar-refractivity contribution < 1.29 is 9.47 Å². The van der Waals surface area contributed by atoms with E-state index in [1.807, 2.05) is 6.07 Å². The first-order valence-electron chi connectivity index (χ1n) is 6.29. The monoisotopic (exact) mass is 281 g/mol. The van der Waals surface area contributed by atoms with E-state index >= 15 is 0 Å². The summed E-state index contributed by atoms with van der Waals surface area (Å²) in [5.41, 5.74) is 0.229. The van der Waals surface area contributed by atoms with E-state index in [-0.39, 0.29) is 11.8 Å². The van der Waals surface area contributed by atoms with E-state index in [9.17, 15) is 0 Å². The lowest BCUT2D eigenvalue weighted by atomic mass is 10.2. The van der Waals surface area contributed by atoms with Crippen molar-refractivity contribution in [2.45, 2.75) is 18.9 Å². The van der Waals surface area contributed by atoms with Crippen LogP contribution in [0.4, 0.5) is 5.82 Å². The lowest BCUT2D eigenvalue weighted by Crippen LogP contribution is -2.18. The molecule has 19 heavy (non-hydrogen) atoms. The topological polar surface area (TPSA) is 67.2 Å². The zero-order valence-electron chi connectivity index (χ0n) is 10.6. The van der Waals surface area contributed by atoms with E-state index in [4.69, 9.17) is 26.3 Å². The highest BCUT2D eigenvalue weighted by molar-refractivity contribution is 6.31. The molecule has 1 unspecified atom stereocenters. The zero-order chi connectivity index (χ0) is 13.5. The second-order valence-electron chi connectivity index (χ2n) is 4.28. The first-order chi connectivity index (χ1) is 9.29. The number of aromatic nitrogens is 1. The van der Waals surface area contributed by atoms with Crippen molar-refractivity contribution in [1.29, 1.82) is 5.26 Å². The number of nitrogens with one attached hydrogen (secondary N) is 1. The quantitative estimate of drug-likeness (QED) is 0.810. The number of nitrogens with zero attached hydrogens (tertiary/aromatic N) is 2. The van der Waals surface area contributed by atoms with Gasteiger partial charge in [-0.2, -0.15) is 5.26 Å². The Bertz CT molecular complexity index is 456. The van der Waals surface area contributed by atoms with E-state index < -0.39 is 0 Å². The van der Waals surface area contributed by atoms with Crippen molar-refractivity contribution in [3.63, 3.8) is 0 Å². The fourth-order valence-corrected chi connectivity index (χ4v) is 2.01. The molecule has 0 aromatic carbocycles. The minimum Gasteiger partial charge on any atom is -0.377 e. The maximum absolute atomic E-state index is 8.81. The Hall–Kier alpha value is -1.35. The van der Waals surface area contributed by atoms with Gasteiger partial charge in [0.25, 0.3) is 0 Å². The van der Waals surface area contributed by atoms with Gasteiger partial charge < -0.3 is 14.8 Å². The number of pyridine rings is 1. The van der Waals surface area contributed by atoms with Gasteiger partial charge in [-0.25, -0.2) is 4.98 Å². The standard InChI is InChI=1S/C13H16ClN3O2/c14-11-3-4-13(17-12(11)8-15)16-5-7-18-9-10-2-1-6-19-10/h3-4,10H,1-2,5-7,9H2,(H,16,17). The van der Waals surface area contributed by atoms with Crippen LogP contribution in [0.5, 0.6) is 0 Å². The Morgan fingerprint density at radius 3 is 3.21 bits per heavy atom. The van der Waals surface area contributed by atoms with Crippen molar-refractivity contribution in [3.8, 4) is 6.07 Å². The third-order valence-electron chi connectivity index (χ3n) is 2.83.